The Morgan fingerprint density at radius 1 is 1.07 bits per heavy atom. The van der Waals surface area contributed by atoms with Crippen molar-refractivity contribution in [2.45, 2.75) is 33.2 Å². The van der Waals surface area contributed by atoms with E-state index in [4.69, 9.17) is 18.0 Å². The maximum atomic E-state index is 5.44. The van der Waals surface area contributed by atoms with Crippen LogP contribution in [0.2, 0.25) is 6.55 Å². The quantitative estimate of drug-likeness (QED) is 0.350. The fraction of sp³-hybridized carbons (Fsp3) is 1.00. The second kappa shape index (κ2) is 8.24. The minimum absolute atomic E-state index is 0.251. The fourth-order valence-corrected chi connectivity index (χ4v) is 1.79. The standard InChI is InChI=1S/C10H24O4Si/c1-6-10(7-2)8-13-9-14-15(5,11-3)12-4/h10H,6-9H2,1-5H3. The Morgan fingerprint density at radius 3 is 2.00 bits per heavy atom. The van der Waals surface area contributed by atoms with E-state index in [1.54, 1.807) is 14.2 Å². The lowest BCUT2D eigenvalue weighted by Gasteiger charge is -2.22. The molecule has 0 N–H and O–H groups in total. The van der Waals surface area contributed by atoms with E-state index in [0.717, 1.165) is 19.4 Å². The number of hydrogen-bond acceptors (Lipinski definition) is 4. The molecule has 0 aliphatic carbocycles. The van der Waals surface area contributed by atoms with Gasteiger partial charge < -0.3 is 18.0 Å². The minimum atomic E-state index is -2.41. The van der Waals surface area contributed by atoms with Gasteiger partial charge in [-0.25, -0.2) is 0 Å². The second-order valence-corrected chi connectivity index (χ2v) is 6.42. The maximum Gasteiger partial charge on any atom is 0.498 e. The van der Waals surface area contributed by atoms with E-state index < -0.39 is 8.80 Å². The van der Waals surface area contributed by atoms with Crippen LogP contribution in [-0.2, 0) is 18.0 Å². The van der Waals surface area contributed by atoms with Crippen LogP contribution in [-0.4, -0.2) is 36.4 Å². The van der Waals surface area contributed by atoms with Gasteiger partial charge in [0.25, 0.3) is 0 Å². The third-order valence-electron chi connectivity index (χ3n) is 2.65. The van der Waals surface area contributed by atoms with Crippen LogP contribution in [0.3, 0.4) is 0 Å². The normalized spacial score (nSPS) is 12.4. The molecule has 0 aliphatic rings. The summed E-state index contributed by atoms with van der Waals surface area (Å²) in [6.45, 7) is 7.17. The van der Waals surface area contributed by atoms with Gasteiger partial charge in [-0.2, -0.15) is 0 Å². The smallest absolute Gasteiger partial charge is 0.377 e. The first-order chi connectivity index (χ1) is 7.11. The van der Waals surface area contributed by atoms with Crippen LogP contribution in [0.25, 0.3) is 0 Å². The van der Waals surface area contributed by atoms with Gasteiger partial charge in [-0.1, -0.05) is 26.7 Å². The molecule has 15 heavy (non-hydrogen) atoms. The van der Waals surface area contributed by atoms with E-state index in [1.807, 2.05) is 6.55 Å². The van der Waals surface area contributed by atoms with Gasteiger partial charge >= 0.3 is 8.80 Å². The SMILES string of the molecule is CCC(CC)COCO[Si](C)(OC)OC. The summed E-state index contributed by atoms with van der Waals surface area (Å²) in [6.07, 6.45) is 2.28. The molecule has 0 unspecified atom stereocenters. The predicted molar refractivity (Wildman–Crippen MR) is 61.6 cm³/mol. The van der Waals surface area contributed by atoms with Crippen molar-refractivity contribution < 1.29 is 18.0 Å². The van der Waals surface area contributed by atoms with Gasteiger partial charge in [0.1, 0.15) is 6.79 Å². The molecular formula is C10H24O4Si. The largest absolute Gasteiger partial charge is 0.498 e. The molecule has 0 aromatic heterocycles. The molecule has 0 atom stereocenters. The number of hydrogen-bond donors (Lipinski definition) is 0. The molecular weight excluding hydrogens is 212 g/mol. The predicted octanol–water partition coefficient (Wildman–Crippen LogP) is 2.27. The monoisotopic (exact) mass is 236 g/mol. The van der Waals surface area contributed by atoms with Gasteiger partial charge in [0.2, 0.25) is 0 Å². The highest BCUT2D eigenvalue weighted by Gasteiger charge is 2.31. The first kappa shape index (κ1) is 15.1. The van der Waals surface area contributed by atoms with E-state index in [0.29, 0.717) is 5.92 Å². The molecule has 0 aromatic carbocycles. The summed E-state index contributed by atoms with van der Waals surface area (Å²) in [4.78, 5) is 0. The van der Waals surface area contributed by atoms with Gasteiger partial charge in [-0.15, -0.1) is 0 Å². The molecule has 0 saturated carbocycles. The Bertz CT molecular complexity index is 146. The fourth-order valence-electron chi connectivity index (χ4n) is 1.09. The van der Waals surface area contributed by atoms with Gasteiger partial charge in [0.15, 0.2) is 0 Å². The summed E-state index contributed by atoms with van der Waals surface area (Å²) in [6, 6.07) is 0. The average Bonchev–Trinajstić information content (AvgIpc) is 2.29. The van der Waals surface area contributed by atoms with Crippen molar-refractivity contribution in [3.63, 3.8) is 0 Å². The van der Waals surface area contributed by atoms with E-state index >= 15 is 0 Å². The Kier molecular flexibility index (Phi) is 8.27. The van der Waals surface area contributed by atoms with Crippen molar-refractivity contribution in [2.24, 2.45) is 5.92 Å². The van der Waals surface area contributed by atoms with Crippen molar-refractivity contribution in [2.75, 3.05) is 27.6 Å². The van der Waals surface area contributed by atoms with E-state index in [1.165, 1.54) is 0 Å². The first-order valence-electron chi connectivity index (χ1n) is 5.43. The van der Waals surface area contributed by atoms with E-state index in [9.17, 15) is 0 Å². The molecule has 0 rings (SSSR count). The topological polar surface area (TPSA) is 36.9 Å². The third-order valence-corrected chi connectivity index (χ3v) is 4.78. The molecule has 0 saturated heterocycles. The van der Waals surface area contributed by atoms with Gasteiger partial charge in [-0.3, -0.25) is 0 Å². The molecule has 0 spiro atoms. The molecule has 0 fully saturated rings. The highest BCUT2D eigenvalue weighted by atomic mass is 28.4. The number of ether oxygens (including phenoxy) is 1. The lowest BCUT2D eigenvalue weighted by atomic mass is 10.1. The van der Waals surface area contributed by atoms with Crippen molar-refractivity contribution in [1.82, 2.24) is 0 Å². The summed E-state index contributed by atoms with van der Waals surface area (Å²) < 4.78 is 21.2. The highest BCUT2D eigenvalue weighted by Crippen LogP contribution is 2.09. The molecule has 0 aliphatic heterocycles. The van der Waals surface area contributed by atoms with Crippen LogP contribution < -0.4 is 0 Å². The van der Waals surface area contributed by atoms with Crippen molar-refractivity contribution in [1.29, 1.82) is 0 Å². The minimum Gasteiger partial charge on any atom is -0.377 e. The Hall–Kier alpha value is 0.0569. The van der Waals surface area contributed by atoms with E-state index in [-0.39, 0.29) is 6.79 Å². The van der Waals surface area contributed by atoms with Crippen LogP contribution >= 0.6 is 0 Å². The molecule has 0 radical (unpaired) electrons. The Labute approximate surface area is 94.2 Å². The molecule has 92 valence electrons. The average molecular weight is 236 g/mol. The summed E-state index contributed by atoms with van der Waals surface area (Å²) in [7, 11) is 0.773. The van der Waals surface area contributed by atoms with Crippen LogP contribution in [0.15, 0.2) is 0 Å². The third kappa shape index (κ3) is 6.27. The maximum absolute atomic E-state index is 5.44. The van der Waals surface area contributed by atoms with Gasteiger partial charge in [0.05, 0.1) is 6.61 Å². The molecule has 5 heteroatoms. The lowest BCUT2D eigenvalue weighted by molar-refractivity contribution is -0.0422. The summed E-state index contributed by atoms with van der Waals surface area (Å²) >= 11 is 0. The van der Waals surface area contributed by atoms with Crippen molar-refractivity contribution in [3.8, 4) is 0 Å². The zero-order valence-corrected chi connectivity index (χ0v) is 11.5. The van der Waals surface area contributed by atoms with Gasteiger partial charge in [-0.05, 0) is 5.92 Å². The van der Waals surface area contributed by atoms with Crippen LogP contribution in [0.5, 0.6) is 0 Å². The van der Waals surface area contributed by atoms with Gasteiger partial charge in [0, 0.05) is 20.8 Å². The van der Waals surface area contributed by atoms with Crippen molar-refractivity contribution >= 4 is 8.80 Å². The first-order valence-corrected chi connectivity index (χ1v) is 7.66. The summed E-state index contributed by atoms with van der Waals surface area (Å²) in [5, 5.41) is 0. The molecule has 0 heterocycles. The summed E-state index contributed by atoms with van der Waals surface area (Å²) in [5.41, 5.74) is 0. The Morgan fingerprint density at radius 2 is 1.60 bits per heavy atom. The van der Waals surface area contributed by atoms with E-state index in [2.05, 4.69) is 13.8 Å². The highest BCUT2D eigenvalue weighted by molar-refractivity contribution is 6.59. The summed E-state index contributed by atoms with van der Waals surface area (Å²) in [5.74, 6) is 0.617. The molecule has 0 aromatic rings. The van der Waals surface area contributed by atoms with Crippen LogP contribution in [0.4, 0.5) is 0 Å². The zero-order valence-electron chi connectivity index (χ0n) is 10.5. The zero-order chi connectivity index (χ0) is 11.7. The molecule has 0 amide bonds. The second-order valence-electron chi connectivity index (χ2n) is 3.59. The number of rotatable bonds is 9. The molecule has 4 nitrogen and oxygen atoms in total. The lowest BCUT2D eigenvalue weighted by Crippen LogP contribution is -2.41. The van der Waals surface area contributed by atoms with Crippen LogP contribution in [0, 0.1) is 5.92 Å². The molecule has 0 bridgehead atoms. The van der Waals surface area contributed by atoms with Crippen molar-refractivity contribution in [3.05, 3.63) is 0 Å². The van der Waals surface area contributed by atoms with Crippen LogP contribution in [0.1, 0.15) is 26.7 Å². The Balaban J connectivity index is 3.60.